The van der Waals surface area contributed by atoms with Gasteiger partial charge in [-0.3, -0.25) is 4.79 Å². The number of carbonyl (C=O) groups is 1. The van der Waals surface area contributed by atoms with E-state index < -0.39 is 12.3 Å². The van der Waals surface area contributed by atoms with Crippen LogP contribution in [-0.4, -0.2) is 17.3 Å². The molecule has 2 aromatic rings. The third-order valence-corrected chi connectivity index (χ3v) is 2.26. The summed E-state index contributed by atoms with van der Waals surface area (Å²) in [6, 6.07) is 9.60. The molecule has 0 spiro atoms. The summed E-state index contributed by atoms with van der Waals surface area (Å²) >= 11 is 0. The molecule has 7 heteroatoms. The van der Waals surface area contributed by atoms with Crippen molar-refractivity contribution in [1.29, 1.82) is 0 Å². The molecule has 0 saturated carbocycles. The van der Waals surface area contributed by atoms with Crippen LogP contribution >= 0.6 is 0 Å². The molecule has 0 saturated heterocycles. The van der Waals surface area contributed by atoms with Crippen molar-refractivity contribution in [2.24, 2.45) is 0 Å². The lowest BCUT2D eigenvalue weighted by molar-refractivity contribution is -0.274. The molecule has 0 aliphatic heterocycles. The van der Waals surface area contributed by atoms with Gasteiger partial charge in [0.1, 0.15) is 11.6 Å². The van der Waals surface area contributed by atoms with Crippen LogP contribution in [0.3, 0.4) is 0 Å². The molecule has 0 unspecified atom stereocenters. The lowest BCUT2D eigenvalue weighted by atomic mass is 10.2. The zero-order valence-electron chi connectivity index (χ0n) is 10.0. The van der Waals surface area contributed by atoms with Gasteiger partial charge in [0.15, 0.2) is 0 Å². The van der Waals surface area contributed by atoms with Gasteiger partial charge < -0.3 is 10.1 Å². The number of hydrogen-bond donors (Lipinski definition) is 1. The first-order valence-corrected chi connectivity index (χ1v) is 5.52. The Bertz CT molecular complexity index is 583. The molecular formula is C13H9F3N2O2. The maximum Gasteiger partial charge on any atom is 0.573 e. The zero-order valence-corrected chi connectivity index (χ0v) is 10.0. The molecule has 2 rings (SSSR count). The zero-order chi connectivity index (χ0) is 14.6. The highest BCUT2D eigenvalue weighted by Crippen LogP contribution is 2.22. The van der Waals surface area contributed by atoms with Crippen LogP contribution in [0.15, 0.2) is 48.7 Å². The van der Waals surface area contributed by atoms with Crippen LogP contribution in [0.1, 0.15) is 10.4 Å². The predicted molar refractivity (Wildman–Crippen MR) is 65.3 cm³/mol. The fraction of sp³-hybridized carbons (Fsp3) is 0.0769. The van der Waals surface area contributed by atoms with Crippen molar-refractivity contribution in [1.82, 2.24) is 4.98 Å². The number of rotatable bonds is 3. The first-order chi connectivity index (χ1) is 9.44. The maximum absolute atomic E-state index is 12.0. The molecule has 4 nitrogen and oxygen atoms in total. The smallest absolute Gasteiger partial charge is 0.406 e. The lowest BCUT2D eigenvalue weighted by Crippen LogP contribution is -2.17. The number of aromatic nitrogens is 1. The number of carbonyl (C=O) groups excluding carboxylic acids is 1. The Morgan fingerprint density at radius 1 is 1.10 bits per heavy atom. The van der Waals surface area contributed by atoms with Gasteiger partial charge >= 0.3 is 6.36 Å². The van der Waals surface area contributed by atoms with Crippen LogP contribution in [0.25, 0.3) is 0 Å². The largest absolute Gasteiger partial charge is 0.573 e. The molecule has 1 aromatic carbocycles. The van der Waals surface area contributed by atoms with Gasteiger partial charge in [0.25, 0.3) is 5.91 Å². The molecule has 0 bridgehead atoms. The van der Waals surface area contributed by atoms with Crippen LogP contribution in [0.4, 0.5) is 19.0 Å². The van der Waals surface area contributed by atoms with Crippen molar-refractivity contribution in [3.8, 4) is 5.75 Å². The molecule has 1 heterocycles. The summed E-state index contributed by atoms with van der Waals surface area (Å²) in [6.45, 7) is 0. The van der Waals surface area contributed by atoms with E-state index in [-0.39, 0.29) is 11.3 Å². The summed E-state index contributed by atoms with van der Waals surface area (Å²) in [5.41, 5.74) is 0.199. The molecule has 1 N–H and O–H groups in total. The van der Waals surface area contributed by atoms with E-state index >= 15 is 0 Å². The van der Waals surface area contributed by atoms with Crippen LogP contribution in [-0.2, 0) is 0 Å². The molecule has 20 heavy (non-hydrogen) atoms. The quantitative estimate of drug-likeness (QED) is 0.940. The van der Waals surface area contributed by atoms with Gasteiger partial charge in [0, 0.05) is 11.8 Å². The van der Waals surface area contributed by atoms with Gasteiger partial charge in [-0.25, -0.2) is 4.98 Å². The van der Waals surface area contributed by atoms with Gasteiger partial charge in [-0.2, -0.15) is 0 Å². The van der Waals surface area contributed by atoms with Crippen molar-refractivity contribution in [2.75, 3.05) is 5.32 Å². The van der Waals surface area contributed by atoms with Gasteiger partial charge in [0.2, 0.25) is 0 Å². The third kappa shape index (κ3) is 3.98. The first kappa shape index (κ1) is 13.9. The molecule has 1 amide bonds. The second-order valence-corrected chi connectivity index (χ2v) is 3.74. The van der Waals surface area contributed by atoms with E-state index in [1.54, 1.807) is 18.2 Å². The Labute approximate surface area is 112 Å². The summed E-state index contributed by atoms with van der Waals surface area (Å²) in [6.07, 6.45) is -3.24. The maximum atomic E-state index is 12.0. The van der Waals surface area contributed by atoms with Crippen molar-refractivity contribution in [2.45, 2.75) is 6.36 Å². The fourth-order valence-electron chi connectivity index (χ4n) is 1.43. The number of pyridine rings is 1. The highest BCUT2D eigenvalue weighted by atomic mass is 19.4. The summed E-state index contributed by atoms with van der Waals surface area (Å²) in [5.74, 6) is -0.498. The lowest BCUT2D eigenvalue weighted by Gasteiger charge is -2.09. The van der Waals surface area contributed by atoms with E-state index in [0.29, 0.717) is 5.82 Å². The number of halogens is 3. The molecule has 1 aromatic heterocycles. The minimum Gasteiger partial charge on any atom is -0.406 e. The number of hydrogen-bond acceptors (Lipinski definition) is 3. The van der Waals surface area contributed by atoms with E-state index in [1.807, 2.05) is 0 Å². The number of nitrogens with zero attached hydrogens (tertiary/aromatic N) is 1. The minimum atomic E-state index is -4.75. The SMILES string of the molecule is O=C(Nc1ccccn1)c1ccc(OC(F)(F)F)cc1. The fourth-order valence-corrected chi connectivity index (χ4v) is 1.43. The predicted octanol–water partition coefficient (Wildman–Crippen LogP) is 3.23. The number of anilines is 1. The van der Waals surface area contributed by atoms with Crippen molar-refractivity contribution < 1.29 is 22.7 Å². The van der Waals surface area contributed by atoms with Crippen LogP contribution in [0.5, 0.6) is 5.75 Å². The number of amides is 1. The van der Waals surface area contributed by atoms with Crippen LogP contribution in [0, 0.1) is 0 Å². The normalized spacial score (nSPS) is 10.9. The van der Waals surface area contributed by atoms with Crippen molar-refractivity contribution >= 4 is 11.7 Å². The molecule has 0 aliphatic rings. The van der Waals surface area contributed by atoms with E-state index in [1.165, 1.54) is 18.3 Å². The Balaban J connectivity index is 2.04. The van der Waals surface area contributed by atoms with Gasteiger partial charge in [-0.05, 0) is 36.4 Å². The monoisotopic (exact) mass is 282 g/mol. The molecule has 0 atom stereocenters. The second kappa shape index (κ2) is 5.60. The van der Waals surface area contributed by atoms with E-state index in [0.717, 1.165) is 12.1 Å². The number of nitrogens with one attached hydrogen (secondary N) is 1. The highest BCUT2D eigenvalue weighted by Gasteiger charge is 2.31. The minimum absolute atomic E-state index is 0.199. The third-order valence-electron chi connectivity index (χ3n) is 2.26. The molecule has 0 aliphatic carbocycles. The number of ether oxygens (including phenoxy) is 1. The summed E-state index contributed by atoms with van der Waals surface area (Å²) in [4.78, 5) is 15.7. The standard InChI is InChI=1S/C13H9F3N2O2/c14-13(15,16)20-10-6-4-9(5-7-10)12(19)18-11-3-1-2-8-17-11/h1-8H,(H,17,18,19). The Kier molecular flexibility index (Phi) is 3.88. The highest BCUT2D eigenvalue weighted by molar-refractivity contribution is 6.03. The van der Waals surface area contributed by atoms with E-state index in [4.69, 9.17) is 0 Å². The average molecular weight is 282 g/mol. The molecular weight excluding hydrogens is 273 g/mol. The molecule has 104 valence electrons. The first-order valence-electron chi connectivity index (χ1n) is 5.52. The topological polar surface area (TPSA) is 51.2 Å². The summed E-state index contributed by atoms with van der Waals surface area (Å²) < 4.78 is 39.6. The van der Waals surface area contributed by atoms with Crippen molar-refractivity contribution in [3.63, 3.8) is 0 Å². The average Bonchev–Trinajstić information content (AvgIpc) is 2.39. The summed E-state index contributed by atoms with van der Waals surface area (Å²) in [7, 11) is 0. The Morgan fingerprint density at radius 3 is 2.35 bits per heavy atom. The van der Waals surface area contributed by atoms with Crippen LogP contribution in [0.2, 0.25) is 0 Å². The number of benzene rings is 1. The van der Waals surface area contributed by atoms with Gasteiger partial charge in [-0.15, -0.1) is 13.2 Å². The van der Waals surface area contributed by atoms with Crippen LogP contribution < -0.4 is 10.1 Å². The van der Waals surface area contributed by atoms with Crippen molar-refractivity contribution in [3.05, 3.63) is 54.2 Å². The second-order valence-electron chi connectivity index (χ2n) is 3.74. The van der Waals surface area contributed by atoms with E-state index in [9.17, 15) is 18.0 Å². The Morgan fingerprint density at radius 2 is 1.80 bits per heavy atom. The number of alkyl halides is 3. The molecule has 0 fully saturated rings. The van der Waals surface area contributed by atoms with Gasteiger partial charge in [0.05, 0.1) is 0 Å². The summed E-state index contributed by atoms with van der Waals surface area (Å²) in [5, 5.41) is 2.51. The molecule has 0 radical (unpaired) electrons. The Hall–Kier alpha value is -2.57. The van der Waals surface area contributed by atoms with E-state index in [2.05, 4.69) is 15.0 Å². The van der Waals surface area contributed by atoms with Gasteiger partial charge in [-0.1, -0.05) is 6.07 Å².